The van der Waals surface area contributed by atoms with Crippen LogP contribution in [0.25, 0.3) is 0 Å². The van der Waals surface area contributed by atoms with Gasteiger partial charge in [-0.05, 0) is 112 Å². The monoisotopic (exact) mass is 313 g/mol. The Hall–Kier alpha value is -0.0400. The van der Waals surface area contributed by atoms with Gasteiger partial charge in [0, 0.05) is 11.1 Å². The Morgan fingerprint density at radius 3 is 1.52 bits per heavy atom. The van der Waals surface area contributed by atoms with Gasteiger partial charge in [-0.25, -0.2) is 0 Å². The second kappa shape index (κ2) is 4.02. The van der Waals surface area contributed by atoms with Gasteiger partial charge in [-0.15, -0.1) is 0 Å². The minimum atomic E-state index is 0.522. The molecule has 8 fully saturated rings. The van der Waals surface area contributed by atoms with E-state index in [2.05, 4.69) is 19.2 Å². The Morgan fingerprint density at radius 2 is 1.04 bits per heavy atom. The summed E-state index contributed by atoms with van der Waals surface area (Å²) in [5.74, 6) is 4.26. The van der Waals surface area contributed by atoms with Gasteiger partial charge in [0.1, 0.15) is 0 Å². The van der Waals surface area contributed by atoms with Crippen LogP contribution < -0.4 is 5.32 Å². The van der Waals surface area contributed by atoms with E-state index in [-0.39, 0.29) is 0 Å². The highest BCUT2D eigenvalue weighted by Crippen LogP contribution is 2.67. The van der Waals surface area contributed by atoms with Gasteiger partial charge in [0.15, 0.2) is 0 Å². The summed E-state index contributed by atoms with van der Waals surface area (Å²) < 4.78 is 0. The van der Waals surface area contributed by atoms with E-state index in [9.17, 15) is 0 Å². The van der Waals surface area contributed by atoms with Crippen molar-refractivity contribution in [1.82, 2.24) is 5.32 Å². The Balaban J connectivity index is 1.34. The highest BCUT2D eigenvalue weighted by atomic mass is 15.1. The summed E-state index contributed by atoms with van der Waals surface area (Å²) in [4.78, 5) is 0. The van der Waals surface area contributed by atoms with Crippen LogP contribution in [-0.4, -0.2) is 11.1 Å². The molecule has 2 atom stereocenters. The first kappa shape index (κ1) is 14.2. The molecule has 0 spiro atoms. The van der Waals surface area contributed by atoms with Crippen LogP contribution in [0.5, 0.6) is 0 Å². The highest BCUT2D eigenvalue weighted by molar-refractivity contribution is 5.18. The van der Waals surface area contributed by atoms with E-state index < -0.39 is 0 Å². The average molecular weight is 314 g/mol. The molecule has 8 saturated carbocycles. The summed E-state index contributed by atoms with van der Waals surface area (Å²) in [5, 5.41) is 4.52. The fourth-order valence-corrected chi connectivity index (χ4v) is 10.4. The van der Waals surface area contributed by atoms with E-state index in [4.69, 9.17) is 0 Å². The molecule has 2 unspecified atom stereocenters. The molecule has 8 bridgehead atoms. The lowest BCUT2D eigenvalue weighted by molar-refractivity contribution is -0.140. The maximum atomic E-state index is 4.52. The second-order valence-electron chi connectivity index (χ2n) is 12.2. The molecule has 128 valence electrons. The fourth-order valence-electron chi connectivity index (χ4n) is 10.4. The molecule has 0 saturated heterocycles. The topological polar surface area (TPSA) is 12.0 Å². The maximum absolute atomic E-state index is 4.52. The van der Waals surface area contributed by atoms with Gasteiger partial charge in [0.2, 0.25) is 0 Å². The third-order valence-electron chi connectivity index (χ3n) is 9.19. The van der Waals surface area contributed by atoms with Crippen molar-refractivity contribution in [2.75, 3.05) is 0 Å². The van der Waals surface area contributed by atoms with Crippen LogP contribution in [0, 0.1) is 34.5 Å². The number of hydrogen-bond acceptors (Lipinski definition) is 1. The van der Waals surface area contributed by atoms with Crippen LogP contribution >= 0.6 is 0 Å². The quantitative estimate of drug-likeness (QED) is 0.730. The summed E-state index contributed by atoms with van der Waals surface area (Å²) in [7, 11) is 0. The summed E-state index contributed by atoms with van der Waals surface area (Å²) in [5.41, 5.74) is 2.40. The predicted octanol–water partition coefficient (Wildman–Crippen LogP) is 5.29. The van der Waals surface area contributed by atoms with E-state index >= 15 is 0 Å². The molecule has 0 amide bonds. The van der Waals surface area contributed by atoms with Crippen LogP contribution in [0.4, 0.5) is 0 Å². The van der Waals surface area contributed by atoms with Crippen LogP contribution in [-0.2, 0) is 0 Å². The van der Waals surface area contributed by atoms with E-state index in [0.29, 0.717) is 21.9 Å². The molecule has 8 aliphatic carbocycles. The maximum Gasteiger partial charge on any atom is 0.0199 e. The first-order valence-corrected chi connectivity index (χ1v) is 10.6. The molecule has 1 N–H and O–H groups in total. The van der Waals surface area contributed by atoms with Gasteiger partial charge in [0.25, 0.3) is 0 Å². The molecule has 1 heteroatoms. The molecule has 0 aromatic rings. The molecule has 0 heterocycles. The molecule has 0 aromatic heterocycles. The van der Waals surface area contributed by atoms with Gasteiger partial charge < -0.3 is 5.32 Å². The van der Waals surface area contributed by atoms with Gasteiger partial charge in [-0.3, -0.25) is 0 Å². The number of nitrogens with one attached hydrogen (secondary N) is 1. The Morgan fingerprint density at radius 1 is 0.565 bits per heavy atom. The fraction of sp³-hybridized carbons (Fsp3) is 1.00. The molecule has 8 aliphatic rings. The third kappa shape index (κ3) is 2.01. The van der Waals surface area contributed by atoms with Crippen molar-refractivity contribution in [2.45, 2.75) is 102 Å². The lowest BCUT2D eigenvalue weighted by atomic mass is 9.42. The summed E-state index contributed by atoms with van der Waals surface area (Å²) >= 11 is 0. The first-order chi connectivity index (χ1) is 10.8. The van der Waals surface area contributed by atoms with Crippen molar-refractivity contribution in [3.8, 4) is 0 Å². The SMILES string of the molecule is CC12CC3CC(C)(C1)CC(NC14CC5CC(CC(C5)C1)C4)(C3)C2. The van der Waals surface area contributed by atoms with E-state index in [0.717, 1.165) is 23.7 Å². The molecule has 0 aromatic carbocycles. The minimum Gasteiger partial charge on any atom is -0.306 e. The van der Waals surface area contributed by atoms with E-state index in [1.165, 1.54) is 57.8 Å². The Kier molecular flexibility index (Phi) is 2.48. The minimum absolute atomic E-state index is 0.522. The number of hydrogen-bond donors (Lipinski definition) is 1. The van der Waals surface area contributed by atoms with Crippen LogP contribution in [0.3, 0.4) is 0 Å². The second-order valence-corrected chi connectivity index (χ2v) is 12.2. The zero-order valence-corrected chi connectivity index (χ0v) is 15.3. The van der Waals surface area contributed by atoms with Gasteiger partial charge in [-0.1, -0.05) is 13.8 Å². The highest BCUT2D eigenvalue weighted by Gasteiger charge is 2.62. The van der Waals surface area contributed by atoms with Gasteiger partial charge in [-0.2, -0.15) is 0 Å². The Labute approximate surface area is 142 Å². The first-order valence-electron chi connectivity index (χ1n) is 10.6. The van der Waals surface area contributed by atoms with Crippen molar-refractivity contribution < 1.29 is 0 Å². The lowest BCUT2D eigenvalue weighted by Crippen LogP contribution is -2.71. The van der Waals surface area contributed by atoms with Crippen molar-refractivity contribution in [3.63, 3.8) is 0 Å². The van der Waals surface area contributed by atoms with Crippen LogP contribution in [0.2, 0.25) is 0 Å². The zero-order chi connectivity index (χ0) is 15.5. The molecule has 8 rings (SSSR count). The molecule has 0 aliphatic heterocycles. The molecule has 0 radical (unpaired) electrons. The normalized spacial score (nSPS) is 65.5. The van der Waals surface area contributed by atoms with E-state index in [1.54, 1.807) is 19.3 Å². The predicted molar refractivity (Wildman–Crippen MR) is 94.2 cm³/mol. The molecular formula is C22H35N. The van der Waals surface area contributed by atoms with Crippen molar-refractivity contribution >= 4 is 0 Å². The number of rotatable bonds is 2. The zero-order valence-electron chi connectivity index (χ0n) is 15.3. The Bertz CT molecular complexity index is 495. The largest absolute Gasteiger partial charge is 0.306 e. The van der Waals surface area contributed by atoms with Crippen LogP contribution in [0.15, 0.2) is 0 Å². The van der Waals surface area contributed by atoms with Gasteiger partial charge >= 0.3 is 0 Å². The summed E-state index contributed by atoms with van der Waals surface area (Å²) in [6, 6.07) is 0. The standard InChI is InChI=1S/C22H35N/c1-19-6-18-7-20(2,12-19)14-22(11-18,13-19)23-21-8-15-3-16(9-21)5-17(4-15)10-21/h15-18,23H,3-14H2,1-2H3. The van der Waals surface area contributed by atoms with Crippen molar-refractivity contribution in [2.24, 2.45) is 34.5 Å². The van der Waals surface area contributed by atoms with Gasteiger partial charge in [0.05, 0.1) is 0 Å². The smallest absolute Gasteiger partial charge is 0.0199 e. The average Bonchev–Trinajstić information content (AvgIpc) is 2.29. The van der Waals surface area contributed by atoms with Crippen LogP contribution in [0.1, 0.15) is 90.9 Å². The summed E-state index contributed by atoms with van der Waals surface area (Å²) in [6.45, 7) is 5.26. The molecule has 1 nitrogen and oxygen atoms in total. The van der Waals surface area contributed by atoms with Crippen molar-refractivity contribution in [3.05, 3.63) is 0 Å². The van der Waals surface area contributed by atoms with Crippen molar-refractivity contribution in [1.29, 1.82) is 0 Å². The third-order valence-corrected chi connectivity index (χ3v) is 9.19. The van der Waals surface area contributed by atoms with E-state index in [1.807, 2.05) is 0 Å². The summed E-state index contributed by atoms with van der Waals surface area (Å²) in [6.07, 6.45) is 18.4. The molecular weight excluding hydrogens is 278 g/mol. The molecule has 23 heavy (non-hydrogen) atoms. The lowest BCUT2D eigenvalue weighted by Gasteiger charge is -2.68.